The SMILES string of the molecule is C=C(C)[C@@H](C)N1Cc2ccc(-c3nc(NC4CCOCC4)ncc3Cl)cc2C1=O. The molecular weight excluding hydrogens is 388 g/mol. The van der Waals surface area contributed by atoms with Crippen LogP contribution in [0.15, 0.2) is 36.5 Å². The monoisotopic (exact) mass is 412 g/mol. The predicted molar refractivity (Wildman–Crippen MR) is 114 cm³/mol. The summed E-state index contributed by atoms with van der Waals surface area (Å²) in [7, 11) is 0. The Morgan fingerprint density at radius 2 is 2.14 bits per heavy atom. The quantitative estimate of drug-likeness (QED) is 0.741. The second kappa shape index (κ2) is 8.13. The third kappa shape index (κ3) is 4.00. The number of benzene rings is 1. The van der Waals surface area contributed by atoms with Crippen LogP contribution < -0.4 is 5.32 Å². The van der Waals surface area contributed by atoms with E-state index in [0.717, 1.165) is 42.8 Å². The van der Waals surface area contributed by atoms with Gasteiger partial charge in [-0.1, -0.05) is 35.9 Å². The van der Waals surface area contributed by atoms with Crippen molar-refractivity contribution in [2.45, 2.75) is 45.3 Å². The van der Waals surface area contributed by atoms with Crippen LogP contribution in [-0.2, 0) is 11.3 Å². The molecule has 29 heavy (non-hydrogen) atoms. The molecule has 7 heteroatoms. The summed E-state index contributed by atoms with van der Waals surface area (Å²) in [6.07, 6.45) is 3.45. The van der Waals surface area contributed by atoms with E-state index in [4.69, 9.17) is 16.3 Å². The molecule has 0 unspecified atom stereocenters. The highest BCUT2D eigenvalue weighted by Gasteiger charge is 2.31. The van der Waals surface area contributed by atoms with Gasteiger partial charge in [-0.25, -0.2) is 9.97 Å². The lowest BCUT2D eigenvalue weighted by molar-refractivity contribution is 0.0741. The molecule has 1 aromatic heterocycles. The van der Waals surface area contributed by atoms with Crippen molar-refractivity contribution in [1.29, 1.82) is 0 Å². The fraction of sp³-hybridized carbons (Fsp3) is 0.409. The first-order valence-electron chi connectivity index (χ1n) is 9.90. The molecule has 1 atom stereocenters. The number of fused-ring (bicyclic) bond motifs is 1. The molecule has 2 aromatic rings. The largest absolute Gasteiger partial charge is 0.381 e. The van der Waals surface area contributed by atoms with Crippen molar-refractivity contribution >= 4 is 23.5 Å². The van der Waals surface area contributed by atoms with E-state index in [0.29, 0.717) is 28.8 Å². The average Bonchev–Trinajstić information content (AvgIpc) is 3.05. The Hall–Kier alpha value is -2.44. The van der Waals surface area contributed by atoms with Crippen molar-refractivity contribution < 1.29 is 9.53 Å². The minimum atomic E-state index is -0.00346. The van der Waals surface area contributed by atoms with E-state index in [-0.39, 0.29) is 18.0 Å². The summed E-state index contributed by atoms with van der Waals surface area (Å²) in [6, 6.07) is 6.12. The highest BCUT2D eigenvalue weighted by Crippen LogP contribution is 2.33. The smallest absolute Gasteiger partial charge is 0.255 e. The molecule has 0 saturated carbocycles. The Balaban J connectivity index is 1.61. The van der Waals surface area contributed by atoms with Crippen molar-refractivity contribution in [3.05, 3.63) is 52.7 Å². The zero-order valence-corrected chi connectivity index (χ0v) is 17.5. The summed E-state index contributed by atoms with van der Waals surface area (Å²) in [5.74, 6) is 0.559. The fourth-order valence-corrected chi connectivity index (χ4v) is 3.91. The van der Waals surface area contributed by atoms with Crippen molar-refractivity contribution in [1.82, 2.24) is 14.9 Å². The van der Waals surface area contributed by atoms with Gasteiger partial charge < -0.3 is 15.0 Å². The van der Waals surface area contributed by atoms with E-state index >= 15 is 0 Å². The van der Waals surface area contributed by atoms with E-state index in [2.05, 4.69) is 21.9 Å². The summed E-state index contributed by atoms with van der Waals surface area (Å²) in [5, 5.41) is 3.83. The molecule has 152 valence electrons. The van der Waals surface area contributed by atoms with Gasteiger partial charge in [0, 0.05) is 36.9 Å². The highest BCUT2D eigenvalue weighted by molar-refractivity contribution is 6.33. The highest BCUT2D eigenvalue weighted by atomic mass is 35.5. The van der Waals surface area contributed by atoms with Crippen LogP contribution >= 0.6 is 11.6 Å². The number of carbonyl (C=O) groups is 1. The zero-order valence-electron chi connectivity index (χ0n) is 16.7. The molecule has 6 nitrogen and oxygen atoms in total. The molecule has 1 N–H and O–H groups in total. The lowest BCUT2D eigenvalue weighted by atomic mass is 10.0. The van der Waals surface area contributed by atoms with Gasteiger partial charge in [0.1, 0.15) is 0 Å². The van der Waals surface area contributed by atoms with Gasteiger partial charge in [0.2, 0.25) is 5.95 Å². The van der Waals surface area contributed by atoms with Gasteiger partial charge in [-0.2, -0.15) is 0 Å². The molecule has 0 aliphatic carbocycles. The van der Waals surface area contributed by atoms with Gasteiger partial charge in [-0.05, 0) is 38.3 Å². The van der Waals surface area contributed by atoms with Gasteiger partial charge in [-0.3, -0.25) is 4.79 Å². The summed E-state index contributed by atoms with van der Waals surface area (Å²) in [4.78, 5) is 23.7. The number of rotatable bonds is 5. The molecule has 0 radical (unpaired) electrons. The average molecular weight is 413 g/mol. The third-order valence-corrected chi connectivity index (χ3v) is 5.97. The van der Waals surface area contributed by atoms with Crippen molar-refractivity contribution in [2.24, 2.45) is 0 Å². The van der Waals surface area contributed by atoms with E-state index in [1.54, 1.807) is 6.20 Å². The second-order valence-corrected chi connectivity index (χ2v) is 8.16. The number of amides is 1. The number of hydrogen-bond acceptors (Lipinski definition) is 5. The van der Waals surface area contributed by atoms with Gasteiger partial charge in [0.15, 0.2) is 0 Å². The normalized spacial score (nSPS) is 17.9. The van der Waals surface area contributed by atoms with Crippen LogP contribution in [0.25, 0.3) is 11.3 Å². The molecule has 0 bridgehead atoms. The molecule has 1 saturated heterocycles. The van der Waals surface area contributed by atoms with Gasteiger partial charge >= 0.3 is 0 Å². The molecule has 3 heterocycles. The van der Waals surface area contributed by atoms with Crippen LogP contribution in [0, 0.1) is 0 Å². The Kier molecular flexibility index (Phi) is 5.56. The maximum absolute atomic E-state index is 12.9. The standard InChI is InChI=1S/C22H25ClN4O2/c1-13(2)14(3)27-12-16-5-4-15(10-18(16)21(27)28)20-19(23)11-24-22(26-20)25-17-6-8-29-9-7-17/h4-5,10-11,14,17H,1,6-9,12H2,2-3H3,(H,24,25,26)/t14-/m1/s1. The molecule has 2 aliphatic rings. The van der Waals surface area contributed by atoms with Gasteiger partial charge in [0.05, 0.1) is 23.0 Å². The number of hydrogen-bond donors (Lipinski definition) is 1. The van der Waals surface area contributed by atoms with Gasteiger partial charge in [-0.15, -0.1) is 0 Å². The third-order valence-electron chi connectivity index (χ3n) is 5.69. The fourth-order valence-electron chi connectivity index (χ4n) is 3.71. The Morgan fingerprint density at radius 3 is 2.86 bits per heavy atom. The Morgan fingerprint density at radius 1 is 1.38 bits per heavy atom. The number of nitrogens with zero attached hydrogens (tertiary/aromatic N) is 3. The number of ether oxygens (including phenoxy) is 1. The summed E-state index contributed by atoms with van der Waals surface area (Å²) in [6.45, 7) is 10.0. The van der Waals surface area contributed by atoms with Crippen LogP contribution in [0.3, 0.4) is 0 Å². The van der Waals surface area contributed by atoms with Crippen LogP contribution in [0.5, 0.6) is 0 Å². The first-order chi connectivity index (χ1) is 13.9. The maximum Gasteiger partial charge on any atom is 0.255 e. The van der Waals surface area contributed by atoms with Crippen LogP contribution in [0.1, 0.15) is 42.6 Å². The van der Waals surface area contributed by atoms with E-state index in [9.17, 15) is 4.79 Å². The van der Waals surface area contributed by atoms with Crippen LogP contribution in [0.2, 0.25) is 5.02 Å². The molecule has 1 fully saturated rings. The maximum atomic E-state index is 12.9. The summed E-state index contributed by atoms with van der Waals surface area (Å²) >= 11 is 6.40. The first kappa shape index (κ1) is 19.9. The lowest BCUT2D eigenvalue weighted by Gasteiger charge is -2.24. The summed E-state index contributed by atoms with van der Waals surface area (Å²) in [5.41, 5.74) is 4.11. The number of carbonyl (C=O) groups excluding carboxylic acids is 1. The first-order valence-corrected chi connectivity index (χ1v) is 10.3. The van der Waals surface area contributed by atoms with Crippen LogP contribution in [-0.4, -0.2) is 46.1 Å². The number of halogens is 1. The minimum Gasteiger partial charge on any atom is -0.381 e. The number of anilines is 1. The number of aromatic nitrogens is 2. The molecule has 1 aromatic carbocycles. The minimum absolute atomic E-state index is 0.00346. The van der Waals surface area contributed by atoms with Crippen molar-refractivity contribution in [3.63, 3.8) is 0 Å². The molecule has 4 rings (SSSR count). The molecule has 0 spiro atoms. The molecule has 2 aliphatic heterocycles. The molecule has 1 amide bonds. The van der Waals surface area contributed by atoms with E-state index < -0.39 is 0 Å². The van der Waals surface area contributed by atoms with Crippen molar-refractivity contribution in [3.8, 4) is 11.3 Å². The topological polar surface area (TPSA) is 67.3 Å². The van der Waals surface area contributed by atoms with Crippen molar-refractivity contribution in [2.75, 3.05) is 18.5 Å². The summed E-state index contributed by atoms with van der Waals surface area (Å²) < 4.78 is 5.40. The second-order valence-electron chi connectivity index (χ2n) is 7.75. The Bertz CT molecular complexity index is 956. The predicted octanol–water partition coefficient (Wildman–Crippen LogP) is 4.31. The Labute approximate surface area is 175 Å². The lowest BCUT2D eigenvalue weighted by Crippen LogP contribution is -2.33. The van der Waals surface area contributed by atoms with Crippen LogP contribution in [0.4, 0.5) is 5.95 Å². The number of nitrogens with one attached hydrogen (secondary N) is 1. The van der Waals surface area contributed by atoms with E-state index in [1.165, 1.54) is 0 Å². The van der Waals surface area contributed by atoms with Gasteiger partial charge in [0.25, 0.3) is 5.91 Å². The van der Waals surface area contributed by atoms with E-state index in [1.807, 2.05) is 36.9 Å². The zero-order chi connectivity index (χ0) is 20.5. The molecular formula is C22H25ClN4O2.